The predicted molar refractivity (Wildman–Crippen MR) is 76.2 cm³/mol. The molecule has 0 radical (unpaired) electrons. The van der Waals surface area contributed by atoms with Crippen LogP contribution in [-0.2, 0) is 0 Å². The number of halogens is 1. The largest absolute Gasteiger partial charge is 0.368 e. The fourth-order valence-corrected chi connectivity index (χ4v) is 2.55. The monoisotopic (exact) mass is 285 g/mol. The van der Waals surface area contributed by atoms with Crippen LogP contribution in [0.15, 0.2) is 29.6 Å². The number of thiophene rings is 1. The Balaban J connectivity index is 2.05. The van der Waals surface area contributed by atoms with Gasteiger partial charge in [0.25, 0.3) is 0 Å². The highest BCUT2D eigenvalue weighted by molar-refractivity contribution is 7.16. The van der Waals surface area contributed by atoms with E-state index in [2.05, 4.69) is 15.3 Å². The number of fused-ring (bicyclic) bond motifs is 1. The first-order valence-electron chi connectivity index (χ1n) is 5.65. The lowest BCUT2D eigenvalue weighted by Crippen LogP contribution is -2.01. The molecule has 2 heterocycles. The molecule has 0 aliphatic rings. The number of benzene rings is 1. The zero-order valence-electron chi connectivity index (χ0n) is 10.1. The molecule has 0 aliphatic heterocycles. The maximum Gasteiger partial charge on any atom is 0.223 e. The molecule has 0 fully saturated rings. The Labute approximate surface area is 117 Å². The number of nitrogen functional groups attached to an aromatic ring is 1. The first-order chi connectivity index (χ1) is 9.67. The van der Waals surface area contributed by atoms with Gasteiger partial charge in [-0.15, -0.1) is 11.3 Å². The van der Waals surface area contributed by atoms with Crippen LogP contribution < -0.4 is 11.1 Å². The standard InChI is InChI=1S/C13H8FN5S/c14-9-5-7(6-15)1-2-10(9)17-11-8-3-4-20-12(8)19-13(16)18-11/h1-5H,(H3,16,17,18,19). The smallest absolute Gasteiger partial charge is 0.223 e. The summed E-state index contributed by atoms with van der Waals surface area (Å²) >= 11 is 1.43. The van der Waals surface area contributed by atoms with Gasteiger partial charge in [0, 0.05) is 0 Å². The summed E-state index contributed by atoms with van der Waals surface area (Å²) < 4.78 is 13.9. The van der Waals surface area contributed by atoms with Crippen LogP contribution in [0.2, 0.25) is 0 Å². The molecule has 0 bridgehead atoms. The van der Waals surface area contributed by atoms with E-state index >= 15 is 0 Å². The Morgan fingerprint density at radius 1 is 1.30 bits per heavy atom. The number of hydrogen-bond donors (Lipinski definition) is 2. The molecule has 0 spiro atoms. The molecule has 3 N–H and O–H groups in total. The zero-order valence-corrected chi connectivity index (χ0v) is 10.9. The first kappa shape index (κ1) is 12.3. The van der Waals surface area contributed by atoms with Crippen molar-refractivity contribution in [1.29, 1.82) is 5.26 Å². The molecular formula is C13H8FN5S. The summed E-state index contributed by atoms with van der Waals surface area (Å²) in [5.41, 5.74) is 6.12. The fourth-order valence-electron chi connectivity index (χ4n) is 1.78. The minimum atomic E-state index is -0.524. The molecule has 0 atom stereocenters. The molecule has 0 saturated carbocycles. The molecule has 98 valence electrons. The average molecular weight is 285 g/mol. The van der Waals surface area contributed by atoms with Gasteiger partial charge in [-0.3, -0.25) is 0 Å². The van der Waals surface area contributed by atoms with Gasteiger partial charge in [-0.05, 0) is 29.6 Å². The topological polar surface area (TPSA) is 87.6 Å². The summed E-state index contributed by atoms with van der Waals surface area (Å²) in [6.07, 6.45) is 0. The number of nitriles is 1. The Kier molecular flexibility index (Phi) is 2.93. The highest BCUT2D eigenvalue weighted by Gasteiger charge is 2.10. The van der Waals surface area contributed by atoms with Gasteiger partial charge in [-0.2, -0.15) is 10.2 Å². The van der Waals surface area contributed by atoms with Crippen molar-refractivity contribution in [3.63, 3.8) is 0 Å². The predicted octanol–water partition coefficient (Wildman–Crippen LogP) is 3.03. The van der Waals surface area contributed by atoms with Gasteiger partial charge in [0.15, 0.2) is 0 Å². The van der Waals surface area contributed by atoms with Crippen LogP contribution >= 0.6 is 11.3 Å². The van der Waals surface area contributed by atoms with Crippen molar-refractivity contribution in [3.8, 4) is 6.07 Å². The van der Waals surface area contributed by atoms with E-state index in [1.807, 2.05) is 17.5 Å². The van der Waals surface area contributed by atoms with Crippen LogP contribution in [0.25, 0.3) is 10.2 Å². The van der Waals surface area contributed by atoms with Gasteiger partial charge in [0.1, 0.15) is 16.5 Å². The number of rotatable bonds is 2. The van der Waals surface area contributed by atoms with Gasteiger partial charge >= 0.3 is 0 Å². The Morgan fingerprint density at radius 3 is 2.90 bits per heavy atom. The van der Waals surface area contributed by atoms with Crippen LogP contribution in [-0.4, -0.2) is 9.97 Å². The van der Waals surface area contributed by atoms with Crippen LogP contribution in [0.1, 0.15) is 5.56 Å². The number of nitrogens with zero attached hydrogens (tertiary/aromatic N) is 3. The Hall–Kier alpha value is -2.72. The number of nitrogens with two attached hydrogens (primary N) is 1. The van der Waals surface area contributed by atoms with Crippen molar-refractivity contribution in [1.82, 2.24) is 9.97 Å². The molecule has 3 rings (SSSR count). The van der Waals surface area contributed by atoms with Crippen molar-refractivity contribution in [3.05, 3.63) is 41.0 Å². The molecule has 3 aromatic rings. The highest BCUT2D eigenvalue weighted by atomic mass is 32.1. The minimum Gasteiger partial charge on any atom is -0.368 e. The second kappa shape index (κ2) is 4.75. The summed E-state index contributed by atoms with van der Waals surface area (Å²) in [7, 11) is 0. The molecule has 7 heteroatoms. The quantitative estimate of drug-likeness (QED) is 0.755. The van der Waals surface area contributed by atoms with Gasteiger partial charge in [-0.25, -0.2) is 9.37 Å². The maximum atomic E-state index is 13.9. The number of anilines is 3. The van der Waals surface area contributed by atoms with E-state index in [1.54, 1.807) is 0 Å². The maximum absolute atomic E-state index is 13.9. The van der Waals surface area contributed by atoms with Gasteiger partial charge in [0.05, 0.1) is 22.7 Å². The molecule has 0 aliphatic carbocycles. The van der Waals surface area contributed by atoms with E-state index in [4.69, 9.17) is 11.0 Å². The van der Waals surface area contributed by atoms with E-state index in [-0.39, 0.29) is 17.2 Å². The summed E-state index contributed by atoms with van der Waals surface area (Å²) in [5, 5.41) is 14.2. The van der Waals surface area contributed by atoms with Gasteiger partial charge in [-0.1, -0.05) is 0 Å². The lowest BCUT2D eigenvalue weighted by atomic mass is 10.2. The molecule has 0 amide bonds. The van der Waals surface area contributed by atoms with E-state index in [1.165, 1.54) is 23.5 Å². The first-order valence-corrected chi connectivity index (χ1v) is 6.53. The molecular weight excluding hydrogens is 277 g/mol. The number of nitrogens with one attached hydrogen (secondary N) is 1. The third-order valence-electron chi connectivity index (χ3n) is 2.69. The summed E-state index contributed by atoms with van der Waals surface area (Å²) in [6, 6.07) is 7.90. The van der Waals surface area contributed by atoms with Crippen LogP contribution in [0.5, 0.6) is 0 Å². The van der Waals surface area contributed by atoms with Crippen LogP contribution in [0.3, 0.4) is 0 Å². The Bertz CT molecular complexity index is 836. The van der Waals surface area contributed by atoms with Crippen molar-refractivity contribution >= 4 is 39.0 Å². The van der Waals surface area contributed by atoms with Gasteiger partial charge in [0.2, 0.25) is 5.95 Å². The number of aromatic nitrogens is 2. The summed E-state index contributed by atoms with van der Waals surface area (Å²) in [6.45, 7) is 0. The normalized spacial score (nSPS) is 10.4. The SMILES string of the molecule is N#Cc1ccc(Nc2nc(N)nc3sccc23)c(F)c1. The van der Waals surface area contributed by atoms with Crippen molar-refractivity contribution in [2.24, 2.45) is 0 Å². The van der Waals surface area contributed by atoms with Crippen LogP contribution in [0, 0.1) is 17.1 Å². The second-order valence-corrected chi connectivity index (χ2v) is 4.90. The zero-order chi connectivity index (χ0) is 14.1. The average Bonchev–Trinajstić information content (AvgIpc) is 2.89. The van der Waals surface area contributed by atoms with Crippen molar-refractivity contribution < 1.29 is 4.39 Å². The fraction of sp³-hybridized carbons (Fsp3) is 0. The molecule has 2 aromatic heterocycles. The minimum absolute atomic E-state index is 0.122. The highest BCUT2D eigenvalue weighted by Crippen LogP contribution is 2.29. The lowest BCUT2D eigenvalue weighted by Gasteiger charge is -2.08. The summed E-state index contributed by atoms with van der Waals surface area (Å²) in [5.74, 6) is 0.0403. The van der Waals surface area contributed by atoms with E-state index in [0.29, 0.717) is 5.82 Å². The number of hydrogen-bond acceptors (Lipinski definition) is 6. The van der Waals surface area contributed by atoms with Crippen LogP contribution in [0.4, 0.5) is 21.8 Å². The molecule has 20 heavy (non-hydrogen) atoms. The molecule has 0 saturated heterocycles. The second-order valence-electron chi connectivity index (χ2n) is 4.00. The van der Waals surface area contributed by atoms with E-state index in [0.717, 1.165) is 16.3 Å². The third-order valence-corrected chi connectivity index (χ3v) is 3.50. The van der Waals surface area contributed by atoms with Crippen molar-refractivity contribution in [2.45, 2.75) is 0 Å². The molecule has 5 nitrogen and oxygen atoms in total. The van der Waals surface area contributed by atoms with E-state index in [9.17, 15) is 4.39 Å². The van der Waals surface area contributed by atoms with Crippen molar-refractivity contribution in [2.75, 3.05) is 11.1 Å². The molecule has 0 unspecified atom stereocenters. The third kappa shape index (κ3) is 2.13. The van der Waals surface area contributed by atoms with Gasteiger partial charge < -0.3 is 11.1 Å². The molecule has 1 aromatic carbocycles. The van der Waals surface area contributed by atoms with E-state index < -0.39 is 5.82 Å². The Morgan fingerprint density at radius 2 is 2.15 bits per heavy atom. The summed E-state index contributed by atoms with van der Waals surface area (Å²) in [4.78, 5) is 8.91. The lowest BCUT2D eigenvalue weighted by molar-refractivity contribution is 0.631.